The first-order valence-corrected chi connectivity index (χ1v) is 5.41. The van der Waals surface area contributed by atoms with Gasteiger partial charge in [0.1, 0.15) is 0 Å². The Bertz CT molecular complexity index is 477. The molecule has 5 heteroatoms. The Morgan fingerprint density at radius 2 is 2.17 bits per heavy atom. The lowest BCUT2D eigenvalue weighted by Crippen LogP contribution is -2.28. The fraction of sp³-hybridized carbons (Fsp3) is 0.231. The molecule has 0 aliphatic rings. The van der Waals surface area contributed by atoms with E-state index >= 15 is 0 Å². The van der Waals surface area contributed by atoms with Crippen LogP contribution in [0, 0.1) is 12.3 Å². The highest BCUT2D eigenvalue weighted by Crippen LogP contribution is 2.12. The van der Waals surface area contributed by atoms with Crippen LogP contribution in [0.15, 0.2) is 24.3 Å². The average Bonchev–Trinajstić information content (AvgIpc) is 2.34. The van der Waals surface area contributed by atoms with E-state index in [1.807, 2.05) is 6.07 Å². The molecule has 1 aromatic rings. The molecule has 0 fully saturated rings. The highest BCUT2D eigenvalue weighted by Gasteiger charge is 2.03. The Hall–Kier alpha value is -2.48. The van der Waals surface area contributed by atoms with E-state index in [0.717, 1.165) is 5.56 Å². The summed E-state index contributed by atoms with van der Waals surface area (Å²) in [6.07, 6.45) is 5.50. The standard InChI is InChI=1S/C13H14N2O3/c1-2-8-14-13(18)15-11-5-3-4-10(9-11)6-7-12(16)17/h1,3-5,9H,6-8H2,(H,16,17)(H2,14,15,18). The molecule has 0 bridgehead atoms. The van der Waals surface area contributed by atoms with Crippen molar-refractivity contribution in [2.24, 2.45) is 0 Å². The predicted octanol–water partition coefficient (Wildman–Crippen LogP) is 1.46. The number of aryl methyl sites for hydroxylation is 1. The molecule has 0 spiro atoms. The summed E-state index contributed by atoms with van der Waals surface area (Å²) in [7, 11) is 0. The highest BCUT2D eigenvalue weighted by molar-refractivity contribution is 5.89. The third kappa shape index (κ3) is 5.03. The SMILES string of the molecule is C#CCNC(=O)Nc1cccc(CCC(=O)O)c1. The second-order valence-electron chi connectivity index (χ2n) is 3.61. The van der Waals surface area contributed by atoms with Gasteiger partial charge in [0.15, 0.2) is 0 Å². The molecule has 0 saturated carbocycles. The van der Waals surface area contributed by atoms with Crippen molar-refractivity contribution in [2.75, 3.05) is 11.9 Å². The monoisotopic (exact) mass is 246 g/mol. The van der Waals surface area contributed by atoms with Gasteiger partial charge in [-0.05, 0) is 24.1 Å². The second-order valence-corrected chi connectivity index (χ2v) is 3.61. The van der Waals surface area contributed by atoms with Crippen molar-refractivity contribution in [3.63, 3.8) is 0 Å². The Balaban J connectivity index is 2.56. The third-order valence-electron chi connectivity index (χ3n) is 2.16. The number of carbonyl (C=O) groups is 2. The van der Waals surface area contributed by atoms with Gasteiger partial charge < -0.3 is 15.7 Å². The number of aliphatic carboxylic acids is 1. The fourth-order valence-corrected chi connectivity index (χ4v) is 1.36. The van der Waals surface area contributed by atoms with Crippen molar-refractivity contribution in [1.29, 1.82) is 0 Å². The van der Waals surface area contributed by atoms with E-state index in [1.165, 1.54) is 0 Å². The number of anilines is 1. The van der Waals surface area contributed by atoms with Crippen LogP contribution in [0.3, 0.4) is 0 Å². The van der Waals surface area contributed by atoms with Gasteiger partial charge in [-0.1, -0.05) is 18.1 Å². The minimum Gasteiger partial charge on any atom is -0.481 e. The predicted molar refractivity (Wildman–Crippen MR) is 68.3 cm³/mol. The van der Waals surface area contributed by atoms with Crippen LogP contribution < -0.4 is 10.6 Å². The van der Waals surface area contributed by atoms with Gasteiger partial charge in [-0.3, -0.25) is 4.79 Å². The summed E-state index contributed by atoms with van der Waals surface area (Å²) in [4.78, 5) is 21.8. The molecular formula is C13H14N2O3. The third-order valence-corrected chi connectivity index (χ3v) is 2.16. The van der Waals surface area contributed by atoms with Crippen LogP contribution >= 0.6 is 0 Å². The van der Waals surface area contributed by atoms with Crippen LogP contribution in [-0.2, 0) is 11.2 Å². The molecule has 0 unspecified atom stereocenters. The summed E-state index contributed by atoms with van der Waals surface area (Å²) in [5.74, 6) is 1.44. The lowest BCUT2D eigenvalue weighted by molar-refractivity contribution is -0.136. The van der Waals surface area contributed by atoms with Gasteiger partial charge in [-0.15, -0.1) is 6.42 Å². The van der Waals surface area contributed by atoms with Crippen LogP contribution in [0.1, 0.15) is 12.0 Å². The quantitative estimate of drug-likeness (QED) is 0.688. The molecule has 1 aromatic carbocycles. The lowest BCUT2D eigenvalue weighted by atomic mass is 10.1. The number of urea groups is 1. The summed E-state index contributed by atoms with van der Waals surface area (Å²) in [5.41, 5.74) is 1.46. The number of rotatable bonds is 5. The number of nitrogens with one attached hydrogen (secondary N) is 2. The van der Waals surface area contributed by atoms with Crippen LogP contribution in [-0.4, -0.2) is 23.7 Å². The summed E-state index contributed by atoms with van der Waals surface area (Å²) < 4.78 is 0. The maximum atomic E-state index is 11.3. The normalized spacial score (nSPS) is 9.28. The van der Waals surface area contributed by atoms with Gasteiger partial charge in [-0.2, -0.15) is 0 Å². The molecule has 0 aliphatic heterocycles. The number of benzene rings is 1. The molecule has 0 aromatic heterocycles. The zero-order chi connectivity index (χ0) is 13.4. The van der Waals surface area contributed by atoms with Gasteiger partial charge in [0.05, 0.1) is 6.54 Å². The van der Waals surface area contributed by atoms with Crippen molar-refractivity contribution in [3.8, 4) is 12.3 Å². The zero-order valence-corrected chi connectivity index (χ0v) is 9.77. The minimum absolute atomic E-state index is 0.0622. The first-order valence-electron chi connectivity index (χ1n) is 5.41. The largest absolute Gasteiger partial charge is 0.481 e. The second kappa shape index (κ2) is 6.97. The molecule has 2 amide bonds. The number of carbonyl (C=O) groups excluding carboxylic acids is 1. The van der Waals surface area contributed by atoms with Crippen LogP contribution in [0.25, 0.3) is 0 Å². The maximum absolute atomic E-state index is 11.3. The molecule has 94 valence electrons. The minimum atomic E-state index is -0.847. The Morgan fingerprint density at radius 3 is 2.83 bits per heavy atom. The van der Waals surface area contributed by atoms with Gasteiger partial charge in [0, 0.05) is 12.1 Å². The molecule has 1 rings (SSSR count). The van der Waals surface area contributed by atoms with Crippen molar-refractivity contribution < 1.29 is 14.7 Å². The van der Waals surface area contributed by atoms with Gasteiger partial charge in [-0.25, -0.2) is 4.79 Å². The molecular weight excluding hydrogens is 232 g/mol. The van der Waals surface area contributed by atoms with Crippen molar-refractivity contribution in [1.82, 2.24) is 5.32 Å². The first-order chi connectivity index (χ1) is 8.61. The van der Waals surface area contributed by atoms with E-state index in [4.69, 9.17) is 11.5 Å². The Morgan fingerprint density at radius 1 is 1.39 bits per heavy atom. The number of terminal acetylenes is 1. The maximum Gasteiger partial charge on any atom is 0.319 e. The topological polar surface area (TPSA) is 78.4 Å². The molecule has 0 radical (unpaired) electrons. The number of carboxylic acids is 1. The molecule has 0 heterocycles. The summed E-state index contributed by atoms with van der Waals surface area (Å²) in [6.45, 7) is 0.157. The zero-order valence-electron chi connectivity index (χ0n) is 9.77. The fourth-order valence-electron chi connectivity index (χ4n) is 1.36. The Labute approximate surface area is 105 Å². The van der Waals surface area contributed by atoms with Gasteiger partial charge >= 0.3 is 12.0 Å². The highest BCUT2D eigenvalue weighted by atomic mass is 16.4. The van der Waals surface area contributed by atoms with Crippen molar-refractivity contribution in [3.05, 3.63) is 29.8 Å². The smallest absolute Gasteiger partial charge is 0.319 e. The number of hydrogen-bond acceptors (Lipinski definition) is 2. The van der Waals surface area contributed by atoms with Crippen LogP contribution in [0.5, 0.6) is 0 Å². The molecule has 0 atom stereocenters. The lowest BCUT2D eigenvalue weighted by Gasteiger charge is -2.07. The van der Waals surface area contributed by atoms with Crippen molar-refractivity contribution in [2.45, 2.75) is 12.8 Å². The number of carboxylic acid groups (broad SMARTS) is 1. The molecule has 0 saturated heterocycles. The number of hydrogen-bond donors (Lipinski definition) is 3. The summed E-state index contributed by atoms with van der Waals surface area (Å²) >= 11 is 0. The van der Waals surface area contributed by atoms with Gasteiger partial charge in [0.2, 0.25) is 0 Å². The van der Waals surface area contributed by atoms with E-state index in [0.29, 0.717) is 12.1 Å². The average molecular weight is 246 g/mol. The van der Waals surface area contributed by atoms with Crippen LogP contribution in [0.2, 0.25) is 0 Å². The summed E-state index contributed by atoms with van der Waals surface area (Å²) in [6, 6.07) is 6.64. The van der Waals surface area contributed by atoms with E-state index in [2.05, 4.69) is 16.6 Å². The first kappa shape index (κ1) is 13.6. The molecule has 0 aliphatic carbocycles. The van der Waals surface area contributed by atoms with E-state index in [-0.39, 0.29) is 19.0 Å². The van der Waals surface area contributed by atoms with E-state index in [9.17, 15) is 9.59 Å². The Kier molecular flexibility index (Phi) is 5.26. The van der Waals surface area contributed by atoms with Crippen LogP contribution in [0.4, 0.5) is 10.5 Å². The molecule has 18 heavy (non-hydrogen) atoms. The summed E-state index contributed by atoms with van der Waals surface area (Å²) in [5, 5.41) is 13.7. The number of amides is 2. The van der Waals surface area contributed by atoms with E-state index < -0.39 is 5.97 Å². The molecule has 5 nitrogen and oxygen atoms in total. The van der Waals surface area contributed by atoms with E-state index in [1.54, 1.807) is 18.2 Å². The van der Waals surface area contributed by atoms with Gasteiger partial charge in [0.25, 0.3) is 0 Å². The molecule has 3 N–H and O–H groups in total. The van der Waals surface area contributed by atoms with Crippen molar-refractivity contribution >= 4 is 17.7 Å².